The van der Waals surface area contributed by atoms with Crippen LogP contribution in [-0.4, -0.2) is 21.7 Å². The lowest BCUT2D eigenvalue weighted by Gasteiger charge is -2.20. The molecule has 122 valence electrons. The number of rotatable bonds is 2. The Morgan fingerprint density at radius 1 is 1.35 bits per heavy atom. The van der Waals surface area contributed by atoms with Crippen LogP contribution < -0.4 is 11.1 Å². The predicted molar refractivity (Wildman–Crippen MR) is 90.2 cm³/mol. The molecule has 0 aliphatic heterocycles. The number of carbonyl (C=O) groups excluding carboxylic acids is 1. The maximum atomic E-state index is 12.8. The van der Waals surface area contributed by atoms with Crippen LogP contribution in [0.5, 0.6) is 0 Å². The number of hydrogen-bond acceptors (Lipinski definition) is 3. The van der Waals surface area contributed by atoms with Crippen LogP contribution in [0.3, 0.4) is 0 Å². The van der Waals surface area contributed by atoms with Gasteiger partial charge in [-0.3, -0.25) is 9.48 Å². The Kier molecular flexibility index (Phi) is 3.76. The lowest BCUT2D eigenvalue weighted by Crippen LogP contribution is -2.41. The van der Waals surface area contributed by atoms with Crippen molar-refractivity contribution in [3.8, 4) is 0 Å². The number of nitrogens with two attached hydrogens (primary N) is 1. The third-order valence-corrected chi connectivity index (χ3v) is 4.39. The van der Waals surface area contributed by atoms with Crippen LogP contribution in [0.2, 0.25) is 0 Å². The summed E-state index contributed by atoms with van der Waals surface area (Å²) in [5.74, 6) is -0.101. The van der Waals surface area contributed by atoms with Gasteiger partial charge in [-0.1, -0.05) is 45.0 Å². The van der Waals surface area contributed by atoms with Gasteiger partial charge in [-0.15, -0.1) is 0 Å². The van der Waals surface area contributed by atoms with Gasteiger partial charge in [0.2, 0.25) is 0 Å². The Bertz CT molecular complexity index is 742. The minimum absolute atomic E-state index is 0.0760. The van der Waals surface area contributed by atoms with Crippen molar-refractivity contribution < 1.29 is 4.79 Å². The molecule has 1 aromatic heterocycles. The number of amides is 1. The molecular weight excluding hydrogens is 288 g/mol. The molecule has 1 amide bonds. The van der Waals surface area contributed by atoms with Gasteiger partial charge in [0.25, 0.3) is 5.91 Å². The van der Waals surface area contributed by atoms with Gasteiger partial charge < -0.3 is 11.1 Å². The summed E-state index contributed by atoms with van der Waals surface area (Å²) in [4.78, 5) is 12.8. The van der Waals surface area contributed by atoms with Crippen molar-refractivity contribution in [2.45, 2.75) is 44.7 Å². The lowest BCUT2D eigenvalue weighted by molar-refractivity contribution is 0.0931. The molecule has 0 radical (unpaired) electrons. The van der Waals surface area contributed by atoms with Gasteiger partial charge >= 0.3 is 0 Å². The number of fused-ring (bicyclic) bond motifs is 1. The topological polar surface area (TPSA) is 72.9 Å². The monoisotopic (exact) mass is 312 g/mol. The summed E-state index contributed by atoms with van der Waals surface area (Å²) in [6, 6.07) is 7.87. The van der Waals surface area contributed by atoms with Crippen molar-refractivity contribution in [1.82, 2.24) is 15.1 Å². The highest BCUT2D eigenvalue weighted by atomic mass is 16.1. The molecule has 3 N–H and O–H groups in total. The van der Waals surface area contributed by atoms with Crippen molar-refractivity contribution in [3.63, 3.8) is 0 Å². The minimum Gasteiger partial charge on any atom is -0.347 e. The van der Waals surface area contributed by atoms with E-state index >= 15 is 0 Å². The van der Waals surface area contributed by atoms with Crippen LogP contribution >= 0.6 is 0 Å². The van der Waals surface area contributed by atoms with E-state index in [-0.39, 0.29) is 23.4 Å². The Hall–Kier alpha value is -2.14. The zero-order valence-corrected chi connectivity index (χ0v) is 14.1. The third kappa shape index (κ3) is 2.88. The van der Waals surface area contributed by atoms with Crippen molar-refractivity contribution in [1.29, 1.82) is 0 Å². The average molecular weight is 312 g/mol. The van der Waals surface area contributed by atoms with E-state index in [2.05, 4.69) is 37.3 Å². The largest absolute Gasteiger partial charge is 0.347 e. The molecule has 3 rings (SSSR count). The molecule has 0 fully saturated rings. The molecule has 23 heavy (non-hydrogen) atoms. The minimum atomic E-state index is -0.186. The summed E-state index contributed by atoms with van der Waals surface area (Å²) in [7, 11) is 1.84. The van der Waals surface area contributed by atoms with Crippen molar-refractivity contribution >= 4 is 5.91 Å². The van der Waals surface area contributed by atoms with Crippen molar-refractivity contribution in [2.75, 3.05) is 0 Å². The van der Waals surface area contributed by atoms with Gasteiger partial charge in [-0.25, -0.2) is 0 Å². The van der Waals surface area contributed by atoms with E-state index in [9.17, 15) is 4.79 Å². The molecule has 0 unspecified atom stereocenters. The third-order valence-electron chi connectivity index (χ3n) is 4.39. The lowest BCUT2D eigenvalue weighted by atomic mass is 9.89. The molecule has 0 spiro atoms. The molecule has 1 aliphatic carbocycles. The zero-order chi connectivity index (χ0) is 16.8. The van der Waals surface area contributed by atoms with Gasteiger partial charge in [0.1, 0.15) is 0 Å². The first-order valence-corrected chi connectivity index (χ1v) is 7.95. The summed E-state index contributed by atoms with van der Waals surface area (Å²) >= 11 is 0. The summed E-state index contributed by atoms with van der Waals surface area (Å²) in [6.07, 6.45) is 2.55. The molecule has 1 aliphatic rings. The predicted octanol–water partition coefficient (Wildman–Crippen LogP) is 2.07. The maximum Gasteiger partial charge on any atom is 0.255 e. The number of carbonyl (C=O) groups is 1. The highest BCUT2D eigenvalue weighted by Crippen LogP contribution is 2.30. The Balaban J connectivity index is 1.82. The van der Waals surface area contributed by atoms with Crippen LogP contribution in [0.4, 0.5) is 0 Å². The van der Waals surface area contributed by atoms with E-state index < -0.39 is 0 Å². The quantitative estimate of drug-likeness (QED) is 0.891. The Morgan fingerprint density at radius 3 is 2.70 bits per heavy atom. The number of hydrogen-bond donors (Lipinski definition) is 2. The van der Waals surface area contributed by atoms with Gasteiger partial charge in [0.05, 0.1) is 23.3 Å². The second-order valence-electron chi connectivity index (χ2n) is 7.32. The van der Waals surface area contributed by atoms with Crippen LogP contribution in [0.25, 0.3) is 0 Å². The summed E-state index contributed by atoms with van der Waals surface area (Å²) in [5, 5.41) is 7.56. The summed E-state index contributed by atoms with van der Waals surface area (Å²) in [6.45, 7) is 6.18. The van der Waals surface area contributed by atoms with Gasteiger partial charge in [-0.05, 0) is 17.5 Å². The molecule has 0 saturated carbocycles. The second kappa shape index (κ2) is 5.49. The SMILES string of the molecule is Cn1cc(C(=O)N[C@@H]2Cc3ccccc3[C@H]2N)c(C(C)(C)C)n1. The molecule has 0 bridgehead atoms. The number of aromatic nitrogens is 2. The highest BCUT2D eigenvalue weighted by molar-refractivity contribution is 5.95. The number of benzene rings is 1. The van der Waals surface area contributed by atoms with Crippen LogP contribution in [0.1, 0.15) is 54.0 Å². The fraction of sp³-hybridized carbons (Fsp3) is 0.444. The molecule has 0 saturated heterocycles. The van der Waals surface area contributed by atoms with Crippen LogP contribution in [0, 0.1) is 0 Å². The fourth-order valence-electron chi connectivity index (χ4n) is 3.22. The highest BCUT2D eigenvalue weighted by Gasteiger charge is 2.32. The summed E-state index contributed by atoms with van der Waals surface area (Å²) in [5.41, 5.74) is 9.90. The molecule has 5 heteroatoms. The van der Waals surface area contributed by atoms with E-state index in [0.29, 0.717) is 5.56 Å². The van der Waals surface area contributed by atoms with E-state index in [1.165, 1.54) is 5.56 Å². The van der Waals surface area contributed by atoms with Gasteiger partial charge in [0.15, 0.2) is 0 Å². The normalized spacial score (nSPS) is 20.4. The summed E-state index contributed by atoms with van der Waals surface area (Å²) < 4.78 is 1.69. The average Bonchev–Trinajstić information content (AvgIpc) is 3.01. The van der Waals surface area contributed by atoms with E-state index in [0.717, 1.165) is 17.7 Å². The standard InChI is InChI=1S/C18H24N4O/c1-18(2,3)16-13(10-22(4)21-16)17(23)20-14-9-11-7-5-6-8-12(11)15(14)19/h5-8,10,14-15H,9,19H2,1-4H3,(H,20,23)/t14-,15-/m1/s1. The molecule has 2 aromatic rings. The number of nitrogens with one attached hydrogen (secondary N) is 1. The Morgan fingerprint density at radius 2 is 2.04 bits per heavy atom. The van der Waals surface area contributed by atoms with Gasteiger partial charge in [0, 0.05) is 18.7 Å². The van der Waals surface area contributed by atoms with E-state index in [1.807, 2.05) is 25.2 Å². The van der Waals surface area contributed by atoms with Crippen LogP contribution in [0.15, 0.2) is 30.5 Å². The maximum absolute atomic E-state index is 12.8. The van der Waals surface area contributed by atoms with Crippen molar-refractivity contribution in [3.05, 3.63) is 52.8 Å². The molecule has 1 heterocycles. The number of nitrogens with zero attached hydrogens (tertiary/aromatic N) is 2. The molecule has 5 nitrogen and oxygen atoms in total. The van der Waals surface area contributed by atoms with Gasteiger partial charge in [-0.2, -0.15) is 5.10 Å². The smallest absolute Gasteiger partial charge is 0.255 e. The second-order valence-corrected chi connectivity index (χ2v) is 7.32. The fourth-order valence-corrected chi connectivity index (χ4v) is 3.22. The number of aryl methyl sites for hydroxylation is 1. The van der Waals surface area contributed by atoms with E-state index in [4.69, 9.17) is 5.73 Å². The van der Waals surface area contributed by atoms with E-state index in [1.54, 1.807) is 10.9 Å². The van der Waals surface area contributed by atoms with Crippen LogP contribution in [-0.2, 0) is 18.9 Å². The van der Waals surface area contributed by atoms with Crippen molar-refractivity contribution in [2.24, 2.45) is 12.8 Å². The molecular formula is C18H24N4O. The molecule has 1 aromatic carbocycles. The zero-order valence-electron chi connectivity index (χ0n) is 14.1. The Labute approximate surface area is 136 Å². The first-order valence-electron chi connectivity index (χ1n) is 7.95. The first-order chi connectivity index (χ1) is 10.8. The molecule has 2 atom stereocenters. The first kappa shape index (κ1) is 15.7.